The fraction of sp³-hybridized carbons (Fsp3) is 0.462. The molecule has 1 atom stereocenters. The Labute approximate surface area is 202 Å². The van der Waals surface area contributed by atoms with Crippen LogP contribution in [0.1, 0.15) is 54.8 Å². The Morgan fingerprint density at radius 2 is 1.09 bits per heavy atom. The molecule has 0 radical (unpaired) electrons. The van der Waals surface area contributed by atoms with Crippen LogP contribution >= 0.6 is 8.46 Å². The number of ketones is 2. The third kappa shape index (κ3) is 5.10. The Kier molecular flexibility index (Phi) is 8.84. The monoisotopic (exact) mass is 488 g/mol. The minimum Gasteiger partial charge on any atom is -0.496 e. The van der Waals surface area contributed by atoms with E-state index in [2.05, 4.69) is 0 Å². The number of Topliss-reactive ketones (excluding diaryl/α,β-unsaturated/α-hetero) is 2. The second-order valence-corrected chi connectivity index (χ2v) is 10.1. The van der Waals surface area contributed by atoms with Gasteiger partial charge < -0.3 is 18.9 Å². The molecule has 0 aliphatic heterocycles. The lowest BCUT2D eigenvalue weighted by Gasteiger charge is -2.35. The van der Waals surface area contributed by atoms with Gasteiger partial charge in [0.1, 0.15) is 34.1 Å². The Morgan fingerprint density at radius 3 is 1.32 bits per heavy atom. The van der Waals surface area contributed by atoms with E-state index in [4.69, 9.17) is 18.9 Å². The first-order valence-electron chi connectivity index (χ1n) is 10.9. The molecule has 0 N–H and O–H groups in total. The summed E-state index contributed by atoms with van der Waals surface area (Å²) in [6, 6.07) is 9.76. The SMILES string of the molecule is COc1cccc(OC)c1C(=O)C(P=O)(C(=O)c1c(OC)cccc1OC)C(C)CC(C)(C)C. The molecule has 0 aliphatic carbocycles. The fourth-order valence-electron chi connectivity index (χ4n) is 4.32. The van der Waals surface area contributed by atoms with Gasteiger partial charge in [-0.3, -0.25) is 14.2 Å². The highest BCUT2D eigenvalue weighted by Crippen LogP contribution is 2.48. The van der Waals surface area contributed by atoms with Crippen molar-refractivity contribution in [2.24, 2.45) is 11.3 Å². The molecule has 7 nitrogen and oxygen atoms in total. The zero-order chi connectivity index (χ0) is 25.7. The largest absolute Gasteiger partial charge is 0.496 e. The normalized spacial score (nSPS) is 12.7. The molecule has 0 saturated heterocycles. The van der Waals surface area contributed by atoms with Crippen molar-refractivity contribution in [3.05, 3.63) is 47.5 Å². The van der Waals surface area contributed by atoms with Crippen LogP contribution in [0.25, 0.3) is 0 Å². The van der Waals surface area contributed by atoms with Gasteiger partial charge >= 0.3 is 0 Å². The Balaban J connectivity index is 2.92. The van der Waals surface area contributed by atoms with E-state index in [1.807, 2.05) is 20.8 Å². The number of benzene rings is 2. The second kappa shape index (κ2) is 11.0. The number of hydrogen-bond donors (Lipinski definition) is 0. The minimum atomic E-state index is -1.99. The highest BCUT2D eigenvalue weighted by molar-refractivity contribution is 7.30. The summed E-state index contributed by atoms with van der Waals surface area (Å²) in [4.78, 5) is 28.7. The van der Waals surface area contributed by atoms with Crippen molar-refractivity contribution in [2.75, 3.05) is 28.4 Å². The van der Waals surface area contributed by atoms with Gasteiger partial charge in [0, 0.05) is 0 Å². The summed E-state index contributed by atoms with van der Waals surface area (Å²) in [5.74, 6) is -1.06. The zero-order valence-electron chi connectivity index (χ0n) is 21.1. The van der Waals surface area contributed by atoms with Crippen LogP contribution in [-0.4, -0.2) is 45.2 Å². The molecule has 0 amide bonds. The third-order valence-corrected chi connectivity index (χ3v) is 6.91. The topological polar surface area (TPSA) is 88.1 Å². The molecule has 1 unspecified atom stereocenters. The lowest BCUT2D eigenvalue weighted by Crippen LogP contribution is -2.48. The standard InChI is InChI=1S/C26H33O7P/c1-16(15-25(2,3)4)26(34-29,23(27)21-17(30-5)11-9-12-18(21)31-6)24(28)22-19(32-7)13-10-14-20(22)33-8/h9-14,16H,15H2,1-8H3. The Morgan fingerprint density at radius 1 is 0.765 bits per heavy atom. The highest BCUT2D eigenvalue weighted by Gasteiger charge is 2.55. The van der Waals surface area contributed by atoms with Crippen LogP contribution in [-0.2, 0) is 4.57 Å². The molecule has 8 heteroatoms. The molecule has 0 fully saturated rings. The molecule has 2 aromatic rings. The summed E-state index contributed by atoms with van der Waals surface area (Å²) in [6.07, 6.45) is 0.439. The maximum atomic E-state index is 14.3. The number of carbonyl (C=O) groups excluding carboxylic acids is 2. The van der Waals surface area contributed by atoms with Crippen molar-refractivity contribution in [2.45, 2.75) is 39.3 Å². The summed E-state index contributed by atoms with van der Waals surface area (Å²) < 4.78 is 34.8. The van der Waals surface area contributed by atoms with Crippen LogP contribution in [0.2, 0.25) is 0 Å². The molecule has 2 aromatic carbocycles. The van der Waals surface area contributed by atoms with Crippen molar-refractivity contribution < 1.29 is 33.1 Å². The van der Waals surface area contributed by atoms with E-state index in [0.717, 1.165) is 0 Å². The molecule has 0 aliphatic rings. The van der Waals surface area contributed by atoms with E-state index in [0.29, 0.717) is 6.42 Å². The van der Waals surface area contributed by atoms with Gasteiger partial charge in [-0.25, -0.2) is 0 Å². The number of rotatable bonds is 11. The highest BCUT2D eigenvalue weighted by atomic mass is 31.1. The van der Waals surface area contributed by atoms with Gasteiger partial charge in [-0.15, -0.1) is 0 Å². The summed E-state index contributed by atoms with van der Waals surface area (Å²) in [7, 11) is 5.04. The van der Waals surface area contributed by atoms with Gasteiger partial charge in [0.2, 0.25) is 0 Å². The summed E-state index contributed by atoms with van der Waals surface area (Å²) in [5.41, 5.74) is -0.149. The van der Waals surface area contributed by atoms with E-state index >= 15 is 0 Å². The van der Waals surface area contributed by atoms with Crippen LogP contribution in [0, 0.1) is 11.3 Å². The predicted octanol–water partition coefficient (Wildman–Crippen LogP) is 5.89. The van der Waals surface area contributed by atoms with Gasteiger partial charge in [0.15, 0.2) is 25.2 Å². The van der Waals surface area contributed by atoms with E-state index in [1.165, 1.54) is 28.4 Å². The molecule has 0 spiro atoms. The molecule has 184 valence electrons. The molecule has 34 heavy (non-hydrogen) atoms. The molecular weight excluding hydrogens is 455 g/mol. The molecule has 0 aromatic heterocycles. The van der Waals surface area contributed by atoms with Gasteiger partial charge in [-0.2, -0.15) is 0 Å². The van der Waals surface area contributed by atoms with Crippen LogP contribution in [0.15, 0.2) is 36.4 Å². The van der Waals surface area contributed by atoms with E-state index in [-0.39, 0.29) is 39.5 Å². The average molecular weight is 489 g/mol. The summed E-state index contributed by atoms with van der Waals surface area (Å²) >= 11 is 0. The van der Waals surface area contributed by atoms with Crippen molar-refractivity contribution >= 4 is 20.0 Å². The average Bonchev–Trinajstić information content (AvgIpc) is 2.81. The first-order chi connectivity index (χ1) is 16.0. The van der Waals surface area contributed by atoms with Crippen molar-refractivity contribution in [3.8, 4) is 23.0 Å². The molecule has 0 heterocycles. The van der Waals surface area contributed by atoms with Gasteiger partial charge in [-0.1, -0.05) is 39.8 Å². The van der Waals surface area contributed by atoms with Crippen LogP contribution in [0.5, 0.6) is 23.0 Å². The zero-order valence-corrected chi connectivity index (χ0v) is 21.9. The Bertz CT molecular complexity index is 944. The number of hydrogen-bond acceptors (Lipinski definition) is 7. The summed E-state index contributed by atoms with van der Waals surface area (Å²) in [6.45, 7) is 7.75. The predicted molar refractivity (Wildman–Crippen MR) is 131 cm³/mol. The lowest BCUT2D eigenvalue weighted by molar-refractivity contribution is 0.0764. The van der Waals surface area contributed by atoms with Crippen molar-refractivity contribution in [3.63, 3.8) is 0 Å². The molecule has 0 bridgehead atoms. The third-order valence-electron chi connectivity index (χ3n) is 5.78. The van der Waals surface area contributed by atoms with E-state index in [1.54, 1.807) is 43.3 Å². The smallest absolute Gasteiger partial charge is 0.196 e. The molecule has 2 rings (SSSR count). The first kappa shape index (κ1) is 27.3. The second-order valence-electron chi connectivity index (χ2n) is 9.26. The van der Waals surface area contributed by atoms with E-state index < -0.39 is 31.1 Å². The lowest BCUT2D eigenvalue weighted by atomic mass is 9.73. The van der Waals surface area contributed by atoms with Gasteiger partial charge in [-0.05, 0) is 42.0 Å². The quantitative estimate of drug-likeness (QED) is 0.221. The maximum absolute atomic E-state index is 14.3. The first-order valence-corrected chi connectivity index (χ1v) is 11.7. The van der Waals surface area contributed by atoms with Crippen LogP contribution in [0.4, 0.5) is 0 Å². The summed E-state index contributed by atoms with van der Waals surface area (Å²) in [5, 5.41) is -1.99. The van der Waals surface area contributed by atoms with Crippen LogP contribution < -0.4 is 18.9 Å². The fourth-order valence-corrected chi connectivity index (χ4v) is 4.98. The van der Waals surface area contributed by atoms with Crippen LogP contribution in [0.3, 0.4) is 0 Å². The van der Waals surface area contributed by atoms with E-state index in [9.17, 15) is 14.2 Å². The van der Waals surface area contributed by atoms with Gasteiger partial charge in [0.25, 0.3) is 0 Å². The molecule has 0 saturated carbocycles. The van der Waals surface area contributed by atoms with Crippen molar-refractivity contribution in [1.29, 1.82) is 0 Å². The Hall–Kier alpha value is -2.92. The minimum absolute atomic E-state index is 0.0545. The number of methoxy groups -OCH3 is 4. The van der Waals surface area contributed by atoms with Gasteiger partial charge in [0.05, 0.1) is 28.4 Å². The maximum Gasteiger partial charge on any atom is 0.196 e. The number of carbonyl (C=O) groups is 2. The van der Waals surface area contributed by atoms with Crippen molar-refractivity contribution in [1.82, 2.24) is 0 Å². The molecular formula is C26H33O7P. The number of ether oxygens (including phenoxy) is 4.